The fraction of sp³-hybridized carbons (Fsp3) is 1.00. The summed E-state index contributed by atoms with van der Waals surface area (Å²) in [4.78, 5) is 0. The fourth-order valence-corrected chi connectivity index (χ4v) is 1.27. The minimum atomic E-state index is -0.124. The molecule has 0 aromatic carbocycles. The monoisotopic (exact) mass is 174 g/mol. The van der Waals surface area contributed by atoms with Crippen LogP contribution in [0.4, 0.5) is 0 Å². The molecule has 0 spiro atoms. The molecule has 0 saturated heterocycles. The van der Waals surface area contributed by atoms with E-state index < -0.39 is 0 Å². The van der Waals surface area contributed by atoms with Crippen LogP contribution in [-0.4, -0.2) is 22.9 Å². The lowest BCUT2D eigenvalue weighted by atomic mass is 9.97. The van der Waals surface area contributed by atoms with Crippen LogP contribution in [0.5, 0.6) is 0 Å². The van der Waals surface area contributed by atoms with E-state index in [1.165, 1.54) is 0 Å². The number of hydrogen-bond donors (Lipinski definition) is 2. The molecule has 2 nitrogen and oxygen atoms in total. The lowest BCUT2D eigenvalue weighted by Crippen LogP contribution is -2.07. The van der Waals surface area contributed by atoms with Crippen LogP contribution in [0.25, 0.3) is 0 Å². The highest BCUT2D eigenvalue weighted by Crippen LogP contribution is 2.14. The van der Waals surface area contributed by atoms with Gasteiger partial charge in [-0.15, -0.1) is 0 Å². The average Bonchev–Trinajstić information content (AvgIpc) is 2.10. The zero-order valence-electron chi connectivity index (χ0n) is 8.29. The van der Waals surface area contributed by atoms with E-state index in [4.69, 9.17) is 5.11 Å². The average molecular weight is 174 g/mol. The molecule has 0 aromatic rings. The van der Waals surface area contributed by atoms with Gasteiger partial charge < -0.3 is 10.2 Å². The third-order valence-corrected chi connectivity index (χ3v) is 2.32. The van der Waals surface area contributed by atoms with Crippen LogP contribution in [0.2, 0.25) is 0 Å². The summed E-state index contributed by atoms with van der Waals surface area (Å²) >= 11 is 0. The molecular weight excluding hydrogens is 152 g/mol. The van der Waals surface area contributed by atoms with Crippen molar-refractivity contribution in [2.45, 2.75) is 52.1 Å². The highest BCUT2D eigenvalue weighted by molar-refractivity contribution is 4.58. The Bertz CT molecular complexity index is 93.8. The smallest absolute Gasteiger partial charge is 0.0537 e. The first-order valence-electron chi connectivity index (χ1n) is 4.99. The van der Waals surface area contributed by atoms with Crippen LogP contribution in [0.1, 0.15) is 46.0 Å². The first kappa shape index (κ1) is 11.9. The minimum absolute atomic E-state index is 0.124. The van der Waals surface area contributed by atoms with Crippen molar-refractivity contribution in [2.75, 3.05) is 6.61 Å². The SMILES string of the molecule is CCC(O)CCC(C)CCCO. The van der Waals surface area contributed by atoms with Gasteiger partial charge in [0.25, 0.3) is 0 Å². The first-order chi connectivity index (χ1) is 5.70. The van der Waals surface area contributed by atoms with Crippen molar-refractivity contribution in [2.24, 2.45) is 5.92 Å². The zero-order chi connectivity index (χ0) is 9.40. The lowest BCUT2D eigenvalue weighted by molar-refractivity contribution is 0.149. The quantitative estimate of drug-likeness (QED) is 0.619. The van der Waals surface area contributed by atoms with Crippen molar-refractivity contribution < 1.29 is 10.2 Å². The second-order valence-corrected chi connectivity index (χ2v) is 3.61. The van der Waals surface area contributed by atoms with Crippen molar-refractivity contribution >= 4 is 0 Å². The molecule has 2 unspecified atom stereocenters. The molecule has 0 aliphatic rings. The van der Waals surface area contributed by atoms with Gasteiger partial charge in [0.15, 0.2) is 0 Å². The second kappa shape index (κ2) is 7.56. The van der Waals surface area contributed by atoms with Crippen LogP contribution in [0, 0.1) is 5.92 Å². The van der Waals surface area contributed by atoms with Crippen molar-refractivity contribution in [1.82, 2.24) is 0 Å². The molecule has 0 aliphatic heterocycles. The third-order valence-electron chi connectivity index (χ3n) is 2.32. The molecule has 0 bridgehead atoms. The zero-order valence-corrected chi connectivity index (χ0v) is 8.29. The van der Waals surface area contributed by atoms with Gasteiger partial charge in [0.05, 0.1) is 6.10 Å². The molecular formula is C10H22O2. The van der Waals surface area contributed by atoms with Gasteiger partial charge in [-0.25, -0.2) is 0 Å². The predicted octanol–water partition coefficient (Wildman–Crippen LogP) is 1.95. The van der Waals surface area contributed by atoms with Crippen molar-refractivity contribution in [1.29, 1.82) is 0 Å². The van der Waals surface area contributed by atoms with Crippen LogP contribution < -0.4 is 0 Å². The molecule has 2 heteroatoms. The highest BCUT2D eigenvalue weighted by Gasteiger charge is 2.05. The molecule has 74 valence electrons. The molecule has 0 aliphatic carbocycles. The van der Waals surface area contributed by atoms with Gasteiger partial charge in [-0.2, -0.15) is 0 Å². The maximum Gasteiger partial charge on any atom is 0.0537 e. The predicted molar refractivity (Wildman–Crippen MR) is 51.0 cm³/mol. The number of aliphatic hydroxyl groups excluding tert-OH is 2. The molecule has 2 atom stereocenters. The van der Waals surface area contributed by atoms with Crippen molar-refractivity contribution in [3.63, 3.8) is 0 Å². The summed E-state index contributed by atoms with van der Waals surface area (Å²) in [5, 5.41) is 17.9. The molecule has 0 aromatic heterocycles. The summed E-state index contributed by atoms with van der Waals surface area (Å²) in [6.45, 7) is 4.47. The summed E-state index contributed by atoms with van der Waals surface area (Å²) in [6, 6.07) is 0. The molecule has 0 radical (unpaired) electrons. The maximum absolute atomic E-state index is 9.28. The Morgan fingerprint density at radius 3 is 2.33 bits per heavy atom. The van der Waals surface area contributed by atoms with Gasteiger partial charge in [0.1, 0.15) is 0 Å². The van der Waals surface area contributed by atoms with E-state index in [9.17, 15) is 5.11 Å². The van der Waals surface area contributed by atoms with Gasteiger partial charge in [0, 0.05) is 6.61 Å². The third kappa shape index (κ3) is 6.62. The number of aliphatic hydroxyl groups is 2. The van der Waals surface area contributed by atoms with Gasteiger partial charge in [0.2, 0.25) is 0 Å². The standard InChI is InChI=1S/C10H22O2/c1-3-10(12)7-6-9(2)5-4-8-11/h9-12H,3-8H2,1-2H3. The summed E-state index contributed by atoms with van der Waals surface area (Å²) in [5.74, 6) is 0.637. The van der Waals surface area contributed by atoms with Crippen molar-refractivity contribution in [3.8, 4) is 0 Å². The summed E-state index contributed by atoms with van der Waals surface area (Å²) in [5.41, 5.74) is 0. The van der Waals surface area contributed by atoms with Crippen LogP contribution >= 0.6 is 0 Å². The normalized spacial score (nSPS) is 16.0. The van der Waals surface area contributed by atoms with E-state index in [0.29, 0.717) is 12.5 Å². The first-order valence-corrected chi connectivity index (χ1v) is 4.99. The Morgan fingerprint density at radius 2 is 1.83 bits per heavy atom. The van der Waals surface area contributed by atoms with Gasteiger partial charge >= 0.3 is 0 Å². The second-order valence-electron chi connectivity index (χ2n) is 3.61. The van der Waals surface area contributed by atoms with Gasteiger partial charge in [-0.1, -0.05) is 13.8 Å². The summed E-state index contributed by atoms with van der Waals surface area (Å²) in [6.07, 6.45) is 4.68. The van der Waals surface area contributed by atoms with Crippen molar-refractivity contribution in [3.05, 3.63) is 0 Å². The summed E-state index contributed by atoms with van der Waals surface area (Å²) in [7, 11) is 0. The Hall–Kier alpha value is -0.0800. The van der Waals surface area contributed by atoms with Crippen LogP contribution in [0.3, 0.4) is 0 Å². The molecule has 0 amide bonds. The van der Waals surface area contributed by atoms with E-state index in [1.807, 2.05) is 6.92 Å². The van der Waals surface area contributed by atoms with E-state index in [1.54, 1.807) is 0 Å². The topological polar surface area (TPSA) is 40.5 Å². The molecule has 2 N–H and O–H groups in total. The fourth-order valence-electron chi connectivity index (χ4n) is 1.27. The van der Waals surface area contributed by atoms with Crippen LogP contribution in [-0.2, 0) is 0 Å². The van der Waals surface area contributed by atoms with E-state index in [2.05, 4.69) is 6.92 Å². The Kier molecular flexibility index (Phi) is 7.51. The number of rotatable bonds is 7. The molecule has 0 saturated carbocycles. The molecule has 0 rings (SSSR count). The van der Waals surface area contributed by atoms with Gasteiger partial charge in [-0.3, -0.25) is 0 Å². The highest BCUT2D eigenvalue weighted by atomic mass is 16.3. The molecule has 0 heterocycles. The van der Waals surface area contributed by atoms with Gasteiger partial charge in [-0.05, 0) is 38.0 Å². The molecule has 12 heavy (non-hydrogen) atoms. The van der Waals surface area contributed by atoms with E-state index in [0.717, 1.165) is 32.1 Å². The summed E-state index contributed by atoms with van der Waals surface area (Å²) < 4.78 is 0. The maximum atomic E-state index is 9.28. The Balaban J connectivity index is 3.24. The van der Waals surface area contributed by atoms with Crippen LogP contribution in [0.15, 0.2) is 0 Å². The number of hydrogen-bond acceptors (Lipinski definition) is 2. The van der Waals surface area contributed by atoms with E-state index in [-0.39, 0.29) is 6.10 Å². The molecule has 0 fully saturated rings. The Labute approximate surface area is 75.6 Å². The lowest BCUT2D eigenvalue weighted by Gasteiger charge is -2.12. The largest absolute Gasteiger partial charge is 0.396 e. The van der Waals surface area contributed by atoms with E-state index >= 15 is 0 Å². The Morgan fingerprint density at radius 1 is 1.17 bits per heavy atom. The minimum Gasteiger partial charge on any atom is -0.396 e.